The summed E-state index contributed by atoms with van der Waals surface area (Å²) < 4.78 is 15.4. The summed E-state index contributed by atoms with van der Waals surface area (Å²) in [6.45, 7) is 39.2. The Labute approximate surface area is 563 Å². The van der Waals surface area contributed by atoms with E-state index in [-0.39, 0.29) is 59.0 Å². The number of benzene rings is 8. The van der Waals surface area contributed by atoms with Gasteiger partial charge >= 0.3 is 0 Å². The molecule has 0 amide bonds. The van der Waals surface area contributed by atoms with Gasteiger partial charge in [-0.25, -0.2) is 0 Å². The van der Waals surface area contributed by atoms with Crippen LogP contribution in [-0.2, 0) is 47.5 Å². The SMILES string of the molecule is CC[Si](CC)(C[OH+]c1ccccc1-c1scc(-n2c3ccc(C(C)(C)C)cc3c3cc(C(C)(C)C)ccc32)c1O)C[OH+]c1ccccc1-c1scc(-n2c3ccc(C(C)(C)C)cc3c3cc(C(C)(C)C)ccc32)c1O.[CH2-]c1ccccc1.[CH2-]c1ccccc1.[Hf]. The second kappa shape index (κ2) is 26.9. The minimum absolute atomic E-state index is 0. The fourth-order valence-corrected chi connectivity index (χ4v) is 16.1. The first-order chi connectivity index (χ1) is 42.2. The monoisotopic (exact) mass is 1410 g/mol. The van der Waals surface area contributed by atoms with Gasteiger partial charge in [-0.3, -0.25) is 0 Å². The summed E-state index contributed by atoms with van der Waals surface area (Å²) in [5.74, 6) is 2.31. The quantitative estimate of drug-likeness (QED) is 0.0726. The number of para-hydroxylation sites is 2. The predicted molar refractivity (Wildman–Crippen MR) is 388 cm³/mol. The molecule has 4 heterocycles. The van der Waals surface area contributed by atoms with E-state index in [0.29, 0.717) is 12.5 Å². The van der Waals surface area contributed by atoms with Gasteiger partial charge < -0.3 is 28.8 Å². The zero-order chi connectivity index (χ0) is 63.8. The number of aliphatic hydroxyl groups is 2. The Balaban J connectivity index is 0.000000565. The molecule has 0 saturated heterocycles. The third kappa shape index (κ3) is 14.1. The normalized spacial score (nSPS) is 12.2. The van der Waals surface area contributed by atoms with E-state index in [9.17, 15) is 10.2 Å². The van der Waals surface area contributed by atoms with Gasteiger partial charge in [0.05, 0.1) is 54.3 Å². The van der Waals surface area contributed by atoms with Crippen LogP contribution in [0.2, 0.25) is 12.1 Å². The minimum Gasteiger partial charge on any atom is -0.585 e. The van der Waals surface area contributed by atoms with E-state index in [1.807, 2.05) is 72.8 Å². The number of ether oxygens (including phenoxy) is 2. The molecule has 90 heavy (non-hydrogen) atoms. The maximum absolute atomic E-state index is 12.4. The van der Waals surface area contributed by atoms with Crippen molar-refractivity contribution in [3.8, 4) is 55.3 Å². The van der Waals surface area contributed by atoms with Crippen LogP contribution in [0.1, 0.15) is 130 Å². The predicted octanol–water partition coefficient (Wildman–Crippen LogP) is 22.4. The molecule has 8 aromatic carbocycles. The topological polar surface area (TPSA) is 75.9 Å². The van der Waals surface area contributed by atoms with Gasteiger partial charge in [-0.2, -0.15) is 49.2 Å². The molecule has 12 rings (SSSR count). The molecule has 0 unspecified atom stereocenters. The Hall–Kier alpha value is -7.21. The molecule has 0 bridgehead atoms. The third-order valence-corrected chi connectivity index (χ3v) is 24.3. The van der Waals surface area contributed by atoms with Gasteiger partial charge in [-0.05, 0) is 117 Å². The Morgan fingerprint density at radius 2 is 0.678 bits per heavy atom. The number of thiophene rings is 2. The number of nitrogens with zero attached hydrogens (tertiary/aromatic N) is 2. The summed E-state index contributed by atoms with van der Waals surface area (Å²) in [7, 11) is -2.12. The number of hydrogen-bond acceptors (Lipinski definition) is 4. The van der Waals surface area contributed by atoms with Crippen LogP contribution in [0.25, 0.3) is 75.9 Å². The summed E-state index contributed by atoms with van der Waals surface area (Å²) >= 11 is 3.14. The van der Waals surface area contributed by atoms with E-state index in [1.54, 1.807) is 22.7 Å². The number of fused-ring (bicyclic) bond motifs is 6. The standard InChI is InChI=1S/C66H74N2O4S2Si.2C7H7.Hf/c1-15-75(16-2,39-71-57-23-19-17-21-45(57)61-59(69)55(37-73-61)67-51-29-25-41(63(3,4)5)33-47(51)48-34-42(64(6,7)8)26-30-52(48)67)40-72-58-24-20-18-22-46(58)62-60(70)56(38-74-62)68-53-31-27-43(65(9,10)11)35-49(53)50-36-44(66(12,13)14)28-32-54(50)68;2*1-7-5-3-2-4-6-7;/h17-38,69-70H,15-16,39-40H2,1-14H3;2*2-6H,1H2;/q;2*-1;/p+2. The number of aromatic nitrogens is 2. The second-order valence-corrected chi connectivity index (χ2v) is 34.8. The van der Waals surface area contributed by atoms with E-state index in [2.05, 4.69) is 240 Å². The summed E-state index contributed by atoms with van der Waals surface area (Å²) in [5, 5.41) is 33.7. The first kappa shape index (κ1) is 67.2. The van der Waals surface area contributed by atoms with Crippen molar-refractivity contribution in [2.45, 2.75) is 131 Å². The van der Waals surface area contributed by atoms with Crippen molar-refractivity contribution in [1.29, 1.82) is 0 Å². The van der Waals surface area contributed by atoms with Crippen LogP contribution >= 0.6 is 22.7 Å². The largest absolute Gasteiger partial charge is 0.585 e. The molecule has 0 spiro atoms. The van der Waals surface area contributed by atoms with Gasteiger partial charge in [0.2, 0.25) is 0 Å². The van der Waals surface area contributed by atoms with Crippen LogP contribution in [-0.4, -0.2) is 49.4 Å². The summed E-state index contributed by atoms with van der Waals surface area (Å²) in [4.78, 5) is 1.63. The van der Waals surface area contributed by atoms with Crippen LogP contribution in [0.3, 0.4) is 0 Å². The molecule has 0 atom stereocenters. The summed E-state index contributed by atoms with van der Waals surface area (Å²) in [6.07, 6.45) is 1.41. The molecule has 464 valence electrons. The average Bonchev–Trinajstić information content (AvgIpc) is 1.58. The van der Waals surface area contributed by atoms with Crippen molar-refractivity contribution in [3.05, 3.63) is 240 Å². The molecule has 0 aliphatic carbocycles. The first-order valence-corrected chi connectivity index (χ1v) is 35.9. The van der Waals surface area contributed by atoms with Gasteiger partial charge in [0.1, 0.15) is 0 Å². The Bertz CT molecular complexity index is 4020. The van der Waals surface area contributed by atoms with E-state index < -0.39 is 8.07 Å². The van der Waals surface area contributed by atoms with E-state index in [4.69, 9.17) is 9.47 Å². The van der Waals surface area contributed by atoms with Crippen LogP contribution in [0, 0.1) is 13.8 Å². The summed E-state index contributed by atoms with van der Waals surface area (Å²) in [5.41, 5.74) is 15.0. The Kier molecular flexibility index (Phi) is 20.1. The maximum atomic E-state index is 12.4. The van der Waals surface area contributed by atoms with E-state index in [0.717, 1.165) is 89.0 Å². The van der Waals surface area contributed by atoms with E-state index >= 15 is 0 Å². The molecule has 4 aromatic heterocycles. The smallest absolute Gasteiger partial charge is 0.263 e. The van der Waals surface area contributed by atoms with Gasteiger partial charge in [0, 0.05) is 70.3 Å². The molecule has 12 aromatic rings. The van der Waals surface area contributed by atoms with Gasteiger partial charge in [-0.1, -0.05) is 158 Å². The second-order valence-electron chi connectivity index (χ2n) is 28.0. The number of hydrogen-bond donors (Lipinski definition) is 2. The minimum atomic E-state index is -2.12. The number of aromatic hydroxyl groups is 4. The molecule has 0 aliphatic rings. The van der Waals surface area contributed by atoms with Crippen LogP contribution < -0.4 is 0 Å². The molecule has 0 saturated carbocycles. The van der Waals surface area contributed by atoms with Gasteiger partial charge in [0.15, 0.2) is 24.0 Å². The Morgan fingerprint density at radius 1 is 0.400 bits per heavy atom. The molecule has 0 aliphatic heterocycles. The average molecular weight is 1410 g/mol. The summed E-state index contributed by atoms with van der Waals surface area (Å²) in [6, 6.07) is 65.6. The first-order valence-electron chi connectivity index (χ1n) is 31.3. The van der Waals surface area contributed by atoms with Crippen molar-refractivity contribution in [3.63, 3.8) is 0 Å². The van der Waals surface area contributed by atoms with Gasteiger partial charge in [0.25, 0.3) is 19.6 Å². The fraction of sp³-hybridized carbons (Fsp3) is 0.275. The van der Waals surface area contributed by atoms with Crippen molar-refractivity contribution < 1.29 is 45.5 Å². The van der Waals surface area contributed by atoms with Crippen molar-refractivity contribution in [2.75, 3.05) is 12.5 Å². The van der Waals surface area contributed by atoms with Crippen LogP contribution in [0.4, 0.5) is 0 Å². The van der Waals surface area contributed by atoms with Crippen molar-refractivity contribution in [1.82, 2.24) is 9.13 Å². The van der Waals surface area contributed by atoms with E-state index in [1.165, 1.54) is 43.8 Å². The van der Waals surface area contributed by atoms with Gasteiger partial charge in [-0.15, -0.1) is 46.9 Å². The maximum Gasteiger partial charge on any atom is 0.263 e. The zero-order valence-electron chi connectivity index (χ0n) is 55.2. The Morgan fingerprint density at radius 3 is 0.933 bits per heavy atom. The fourth-order valence-electron chi connectivity index (χ4n) is 11.6. The molecular weight excluding hydrogens is 1320 g/mol. The number of rotatable bonds is 12. The zero-order valence-corrected chi connectivity index (χ0v) is 61.4. The molecular formula is C80H90HfN2O4S2Si. The van der Waals surface area contributed by atoms with Crippen molar-refractivity contribution >= 4 is 74.4 Å². The van der Waals surface area contributed by atoms with Crippen LogP contribution in [0.15, 0.2) is 193 Å². The molecule has 4 N–H and O–H groups in total. The molecule has 0 radical (unpaired) electrons. The molecule has 0 fully saturated rings. The van der Waals surface area contributed by atoms with Crippen LogP contribution in [0.5, 0.6) is 23.0 Å². The third-order valence-electron chi connectivity index (χ3n) is 17.6. The molecule has 10 heteroatoms. The van der Waals surface area contributed by atoms with Crippen molar-refractivity contribution in [2.24, 2.45) is 0 Å². The molecule has 6 nitrogen and oxygen atoms in total.